The Labute approximate surface area is 83.4 Å². The first kappa shape index (κ1) is 10.3. The van der Waals surface area contributed by atoms with E-state index in [2.05, 4.69) is 22.6 Å². The van der Waals surface area contributed by atoms with Crippen LogP contribution >= 0.6 is 22.6 Å². The largest absolute Gasteiger partial charge is 0.392 e. The van der Waals surface area contributed by atoms with E-state index >= 15 is 0 Å². The molecule has 0 aromatic rings. The summed E-state index contributed by atoms with van der Waals surface area (Å²) in [4.78, 5) is 0. The van der Waals surface area contributed by atoms with Gasteiger partial charge >= 0.3 is 6.18 Å². The van der Waals surface area contributed by atoms with Crippen molar-refractivity contribution >= 4 is 22.6 Å². The first-order valence-corrected chi connectivity index (χ1v) is 5.37. The second-order valence-electron chi connectivity index (χ2n) is 3.02. The molecule has 4 heteroatoms. The van der Waals surface area contributed by atoms with Crippen LogP contribution in [0.2, 0.25) is 0 Å². The van der Waals surface area contributed by atoms with Crippen molar-refractivity contribution in [2.75, 3.05) is 4.43 Å². The molecule has 1 aliphatic rings. The van der Waals surface area contributed by atoms with Crippen molar-refractivity contribution in [3.05, 3.63) is 11.6 Å². The molecule has 0 N–H and O–H groups in total. The Morgan fingerprint density at radius 1 is 1.50 bits per heavy atom. The van der Waals surface area contributed by atoms with Crippen LogP contribution in [0.1, 0.15) is 19.3 Å². The van der Waals surface area contributed by atoms with Crippen LogP contribution in [0.5, 0.6) is 0 Å². The maximum Gasteiger partial charge on any atom is 0.392 e. The van der Waals surface area contributed by atoms with E-state index in [1.54, 1.807) is 0 Å². The monoisotopic (exact) mass is 290 g/mol. The molecule has 0 aromatic heterocycles. The summed E-state index contributed by atoms with van der Waals surface area (Å²) in [5.41, 5.74) is 0.948. The van der Waals surface area contributed by atoms with Crippen LogP contribution < -0.4 is 0 Å². The van der Waals surface area contributed by atoms with Crippen molar-refractivity contribution in [2.24, 2.45) is 5.92 Å². The van der Waals surface area contributed by atoms with Crippen LogP contribution in [0.4, 0.5) is 13.2 Å². The van der Waals surface area contributed by atoms with Gasteiger partial charge in [-0.1, -0.05) is 34.2 Å². The van der Waals surface area contributed by atoms with Crippen molar-refractivity contribution in [1.82, 2.24) is 0 Å². The van der Waals surface area contributed by atoms with Crippen LogP contribution in [0.25, 0.3) is 0 Å². The van der Waals surface area contributed by atoms with Gasteiger partial charge in [-0.2, -0.15) is 13.2 Å². The third kappa shape index (κ3) is 2.64. The summed E-state index contributed by atoms with van der Waals surface area (Å²) in [7, 11) is 0. The zero-order chi connectivity index (χ0) is 9.19. The molecule has 1 atom stereocenters. The van der Waals surface area contributed by atoms with Crippen molar-refractivity contribution in [1.29, 1.82) is 0 Å². The summed E-state index contributed by atoms with van der Waals surface area (Å²) in [6.45, 7) is 0. The molecule has 0 amide bonds. The average molecular weight is 290 g/mol. The minimum atomic E-state index is -3.99. The molecule has 0 radical (unpaired) electrons. The molecule has 0 aliphatic heterocycles. The second kappa shape index (κ2) is 3.98. The molecule has 1 rings (SSSR count). The van der Waals surface area contributed by atoms with Crippen LogP contribution in [0.15, 0.2) is 11.6 Å². The minimum absolute atomic E-state index is 0.215. The number of allylic oxidation sites excluding steroid dienone is 2. The van der Waals surface area contributed by atoms with E-state index in [1.165, 1.54) is 0 Å². The van der Waals surface area contributed by atoms with E-state index < -0.39 is 12.1 Å². The molecule has 1 aliphatic carbocycles. The number of hydrogen-bond acceptors (Lipinski definition) is 0. The van der Waals surface area contributed by atoms with E-state index in [9.17, 15) is 13.2 Å². The molecule has 0 heterocycles. The van der Waals surface area contributed by atoms with Gasteiger partial charge in [0.25, 0.3) is 0 Å². The number of alkyl halides is 4. The van der Waals surface area contributed by atoms with Crippen LogP contribution in [0.3, 0.4) is 0 Å². The summed E-state index contributed by atoms with van der Waals surface area (Å²) in [5.74, 6) is -1.09. The fourth-order valence-corrected chi connectivity index (χ4v) is 2.00. The lowest BCUT2D eigenvalue weighted by atomic mass is 9.89. The molecule has 0 saturated carbocycles. The van der Waals surface area contributed by atoms with E-state index in [1.807, 2.05) is 6.08 Å². The number of hydrogen-bond donors (Lipinski definition) is 0. The van der Waals surface area contributed by atoms with Gasteiger partial charge in [0.15, 0.2) is 0 Å². The zero-order valence-corrected chi connectivity index (χ0v) is 8.65. The van der Waals surface area contributed by atoms with Gasteiger partial charge in [0, 0.05) is 4.43 Å². The van der Waals surface area contributed by atoms with E-state index in [0.717, 1.165) is 10.0 Å². The number of halogens is 4. The van der Waals surface area contributed by atoms with Gasteiger partial charge in [0.05, 0.1) is 5.92 Å². The molecule has 12 heavy (non-hydrogen) atoms. The van der Waals surface area contributed by atoms with Gasteiger partial charge in [-0.15, -0.1) is 0 Å². The Morgan fingerprint density at radius 3 is 2.67 bits per heavy atom. The predicted molar refractivity (Wildman–Crippen MR) is 50.4 cm³/mol. The Balaban J connectivity index is 2.57. The lowest BCUT2D eigenvalue weighted by molar-refractivity contribution is -0.176. The Hall–Kier alpha value is 0.260. The molecule has 70 valence electrons. The maximum absolute atomic E-state index is 12.2. The van der Waals surface area contributed by atoms with Gasteiger partial charge in [-0.05, 0) is 19.3 Å². The molecule has 0 unspecified atom stereocenters. The maximum atomic E-state index is 12.2. The van der Waals surface area contributed by atoms with Gasteiger partial charge in [-0.3, -0.25) is 0 Å². The highest BCUT2D eigenvalue weighted by molar-refractivity contribution is 14.1. The van der Waals surface area contributed by atoms with Gasteiger partial charge in [0.1, 0.15) is 0 Å². The van der Waals surface area contributed by atoms with Gasteiger partial charge in [0.2, 0.25) is 0 Å². The molecular weight excluding hydrogens is 280 g/mol. The lowest BCUT2D eigenvalue weighted by Gasteiger charge is -2.24. The zero-order valence-electron chi connectivity index (χ0n) is 6.49. The lowest BCUT2D eigenvalue weighted by Crippen LogP contribution is -2.25. The molecular formula is C8H10F3I. The summed E-state index contributed by atoms with van der Waals surface area (Å²) in [5, 5.41) is 0. The van der Waals surface area contributed by atoms with Gasteiger partial charge in [-0.25, -0.2) is 0 Å². The average Bonchev–Trinajstić information content (AvgIpc) is 2.03. The molecule has 0 saturated heterocycles. The Kier molecular flexibility index (Phi) is 3.43. The van der Waals surface area contributed by atoms with Crippen LogP contribution in [-0.2, 0) is 0 Å². The van der Waals surface area contributed by atoms with E-state index in [4.69, 9.17) is 0 Å². The topological polar surface area (TPSA) is 0 Å². The highest BCUT2D eigenvalue weighted by Crippen LogP contribution is 2.37. The quantitative estimate of drug-likeness (QED) is 0.392. The normalized spacial score (nSPS) is 25.3. The standard InChI is InChI=1S/C8H10F3I/c9-8(10,11)7-3-1-2-6(4-7)5-12/h2,7H,1,3-5H2/t7-/m1/s1. The minimum Gasteiger partial charge on any atom is -0.171 e. The van der Waals surface area contributed by atoms with Crippen LogP contribution in [0, 0.1) is 5.92 Å². The molecule has 0 aromatic carbocycles. The first-order chi connectivity index (χ1) is 5.54. The first-order valence-electron chi connectivity index (χ1n) is 3.84. The third-order valence-corrected chi connectivity index (χ3v) is 3.07. The highest BCUT2D eigenvalue weighted by Gasteiger charge is 2.39. The predicted octanol–water partition coefficient (Wildman–Crippen LogP) is 3.71. The second-order valence-corrected chi connectivity index (χ2v) is 3.78. The molecule has 0 nitrogen and oxygen atoms in total. The number of rotatable bonds is 1. The van der Waals surface area contributed by atoms with Crippen LogP contribution in [-0.4, -0.2) is 10.6 Å². The summed E-state index contributed by atoms with van der Waals surface area (Å²) >= 11 is 2.11. The summed E-state index contributed by atoms with van der Waals surface area (Å²) in [6.07, 6.45) is -0.988. The van der Waals surface area contributed by atoms with E-state index in [0.29, 0.717) is 6.42 Å². The van der Waals surface area contributed by atoms with Gasteiger partial charge < -0.3 is 0 Å². The molecule has 0 fully saturated rings. The SMILES string of the molecule is FC(F)(F)[C@@H]1CCC=C(CI)C1. The molecule has 0 spiro atoms. The van der Waals surface area contributed by atoms with E-state index in [-0.39, 0.29) is 12.8 Å². The van der Waals surface area contributed by atoms with Crippen molar-refractivity contribution in [3.63, 3.8) is 0 Å². The van der Waals surface area contributed by atoms with Crippen molar-refractivity contribution < 1.29 is 13.2 Å². The third-order valence-electron chi connectivity index (χ3n) is 2.09. The smallest absolute Gasteiger partial charge is 0.171 e. The van der Waals surface area contributed by atoms with Crippen molar-refractivity contribution in [3.8, 4) is 0 Å². The Bertz CT molecular complexity index is 183. The fraction of sp³-hybridized carbons (Fsp3) is 0.750. The highest BCUT2D eigenvalue weighted by atomic mass is 127. The fourth-order valence-electron chi connectivity index (χ4n) is 1.38. The Morgan fingerprint density at radius 2 is 2.17 bits per heavy atom. The molecule has 0 bridgehead atoms. The van der Waals surface area contributed by atoms with Crippen molar-refractivity contribution in [2.45, 2.75) is 25.4 Å². The summed E-state index contributed by atoms with van der Waals surface area (Å²) < 4.78 is 37.4. The summed E-state index contributed by atoms with van der Waals surface area (Å²) in [6, 6.07) is 0.